The average Bonchev–Trinajstić information content (AvgIpc) is 2.25. The molecule has 1 N–H and O–H groups in total. The van der Waals surface area contributed by atoms with Gasteiger partial charge in [-0.3, -0.25) is 0 Å². The van der Waals surface area contributed by atoms with Crippen LogP contribution in [0.5, 0.6) is 0 Å². The van der Waals surface area contributed by atoms with Gasteiger partial charge in [-0.2, -0.15) is 0 Å². The number of methoxy groups -OCH3 is 1. The van der Waals surface area contributed by atoms with Gasteiger partial charge in [0.2, 0.25) is 0 Å². The Morgan fingerprint density at radius 1 is 1.50 bits per heavy atom. The van der Waals surface area contributed by atoms with E-state index in [-0.39, 0.29) is 6.61 Å². The molecule has 0 aromatic heterocycles. The van der Waals surface area contributed by atoms with Crippen LogP contribution >= 0.6 is 0 Å². The van der Waals surface area contributed by atoms with Crippen LogP contribution in [-0.4, -0.2) is 36.9 Å². The van der Waals surface area contributed by atoms with Gasteiger partial charge in [0.15, 0.2) is 0 Å². The van der Waals surface area contributed by atoms with E-state index >= 15 is 0 Å². The van der Waals surface area contributed by atoms with E-state index in [0.29, 0.717) is 5.57 Å². The van der Waals surface area contributed by atoms with Crippen molar-refractivity contribution in [3.05, 3.63) is 24.8 Å². The predicted octanol–water partition coefficient (Wildman–Crippen LogP) is 0.832. The molecule has 1 unspecified atom stereocenters. The second-order valence-electron chi connectivity index (χ2n) is 2.96. The molecule has 0 aliphatic carbocycles. The molecule has 5 nitrogen and oxygen atoms in total. The molecule has 16 heavy (non-hydrogen) atoms. The second kappa shape index (κ2) is 9.92. The number of hydrogen-bond donors (Lipinski definition) is 1. The first kappa shape index (κ1) is 16.8. The molecule has 5 heteroatoms. The SMILES string of the molecule is C=C(C)C(=O)OCC(C)O.C=CC(=O)OC. The van der Waals surface area contributed by atoms with Crippen molar-refractivity contribution < 1.29 is 24.2 Å². The Labute approximate surface area is 95.4 Å². The highest BCUT2D eigenvalue weighted by atomic mass is 16.5. The van der Waals surface area contributed by atoms with Gasteiger partial charge in [-0.1, -0.05) is 13.2 Å². The van der Waals surface area contributed by atoms with Crippen molar-refractivity contribution in [2.75, 3.05) is 13.7 Å². The molecule has 0 aliphatic heterocycles. The van der Waals surface area contributed by atoms with Crippen LogP contribution in [0.25, 0.3) is 0 Å². The Morgan fingerprint density at radius 2 is 2.00 bits per heavy atom. The fourth-order valence-corrected chi connectivity index (χ4v) is 0.403. The van der Waals surface area contributed by atoms with E-state index in [0.717, 1.165) is 6.08 Å². The summed E-state index contributed by atoms with van der Waals surface area (Å²) in [5, 5.41) is 8.68. The normalized spacial score (nSPS) is 10.2. The van der Waals surface area contributed by atoms with Gasteiger partial charge in [-0.15, -0.1) is 0 Å². The Kier molecular flexibility index (Phi) is 10.4. The van der Waals surface area contributed by atoms with Gasteiger partial charge in [0.05, 0.1) is 13.2 Å². The van der Waals surface area contributed by atoms with E-state index < -0.39 is 18.0 Å². The van der Waals surface area contributed by atoms with Crippen molar-refractivity contribution in [2.24, 2.45) is 0 Å². The van der Waals surface area contributed by atoms with Gasteiger partial charge in [0, 0.05) is 11.6 Å². The molecular weight excluding hydrogens is 212 g/mol. The van der Waals surface area contributed by atoms with E-state index in [1.807, 2.05) is 0 Å². The molecule has 0 aromatic carbocycles. The minimum absolute atomic E-state index is 0.0334. The smallest absolute Gasteiger partial charge is 0.333 e. The zero-order valence-electron chi connectivity index (χ0n) is 9.86. The van der Waals surface area contributed by atoms with Crippen LogP contribution < -0.4 is 0 Å². The highest BCUT2D eigenvalue weighted by Crippen LogP contribution is 1.92. The quantitative estimate of drug-likeness (QED) is 0.572. The fourth-order valence-electron chi connectivity index (χ4n) is 0.403. The maximum absolute atomic E-state index is 10.6. The van der Waals surface area contributed by atoms with E-state index in [2.05, 4.69) is 22.6 Å². The third kappa shape index (κ3) is 12.4. The highest BCUT2D eigenvalue weighted by molar-refractivity contribution is 5.86. The third-order valence-electron chi connectivity index (χ3n) is 1.17. The van der Waals surface area contributed by atoms with Crippen LogP contribution in [0.3, 0.4) is 0 Å². The van der Waals surface area contributed by atoms with Crippen molar-refractivity contribution in [3.8, 4) is 0 Å². The fraction of sp³-hybridized carbons (Fsp3) is 0.455. The third-order valence-corrected chi connectivity index (χ3v) is 1.17. The monoisotopic (exact) mass is 230 g/mol. The maximum atomic E-state index is 10.6. The molecule has 0 amide bonds. The Balaban J connectivity index is 0. The predicted molar refractivity (Wildman–Crippen MR) is 59.7 cm³/mol. The largest absolute Gasteiger partial charge is 0.466 e. The van der Waals surface area contributed by atoms with E-state index in [1.54, 1.807) is 13.8 Å². The summed E-state index contributed by atoms with van der Waals surface area (Å²) in [7, 11) is 1.31. The molecule has 0 radical (unpaired) electrons. The van der Waals surface area contributed by atoms with E-state index in [1.165, 1.54) is 7.11 Å². The van der Waals surface area contributed by atoms with Gasteiger partial charge in [-0.05, 0) is 13.8 Å². The molecular formula is C11H18O5. The molecule has 92 valence electrons. The van der Waals surface area contributed by atoms with Crippen molar-refractivity contribution in [1.82, 2.24) is 0 Å². The molecule has 0 heterocycles. The minimum Gasteiger partial charge on any atom is -0.466 e. The highest BCUT2D eigenvalue weighted by Gasteiger charge is 2.03. The number of carbonyl (C=O) groups is 2. The lowest BCUT2D eigenvalue weighted by Gasteiger charge is -2.04. The summed E-state index contributed by atoms with van der Waals surface area (Å²) in [6.07, 6.45) is 0.503. The lowest BCUT2D eigenvalue weighted by atomic mass is 10.3. The van der Waals surface area contributed by atoms with E-state index in [9.17, 15) is 9.59 Å². The minimum atomic E-state index is -0.608. The topological polar surface area (TPSA) is 72.8 Å². The summed E-state index contributed by atoms with van der Waals surface area (Å²) in [4.78, 5) is 20.5. The Bertz CT molecular complexity index is 255. The summed E-state index contributed by atoms with van der Waals surface area (Å²) in [5.41, 5.74) is 0.348. The number of carbonyl (C=O) groups excluding carboxylic acids is 2. The Morgan fingerprint density at radius 3 is 2.19 bits per heavy atom. The van der Waals surface area contributed by atoms with Crippen molar-refractivity contribution >= 4 is 11.9 Å². The molecule has 0 saturated carbocycles. The standard InChI is InChI=1S/C7H12O3.C4H6O2/c1-5(2)7(9)10-4-6(3)8;1-3-4(5)6-2/h6,8H,1,4H2,2-3H3;3H,1H2,2H3. The van der Waals surface area contributed by atoms with Gasteiger partial charge in [-0.25, -0.2) is 9.59 Å². The zero-order valence-corrected chi connectivity index (χ0v) is 9.86. The number of aliphatic hydroxyl groups is 1. The summed E-state index contributed by atoms with van der Waals surface area (Å²) >= 11 is 0. The summed E-state index contributed by atoms with van der Waals surface area (Å²) in [6, 6.07) is 0. The Hall–Kier alpha value is -1.62. The first-order valence-electron chi connectivity index (χ1n) is 4.56. The lowest BCUT2D eigenvalue weighted by molar-refractivity contribution is -0.141. The van der Waals surface area contributed by atoms with Crippen molar-refractivity contribution in [1.29, 1.82) is 0 Å². The number of ether oxygens (including phenoxy) is 2. The summed E-state index contributed by atoms with van der Waals surface area (Å²) in [5.74, 6) is -0.851. The van der Waals surface area contributed by atoms with Gasteiger partial charge >= 0.3 is 11.9 Å². The van der Waals surface area contributed by atoms with Crippen molar-refractivity contribution in [2.45, 2.75) is 20.0 Å². The van der Waals surface area contributed by atoms with Crippen LogP contribution in [0.2, 0.25) is 0 Å². The average molecular weight is 230 g/mol. The van der Waals surface area contributed by atoms with Gasteiger partial charge in [0.25, 0.3) is 0 Å². The number of esters is 2. The number of aliphatic hydroxyl groups excluding tert-OH is 1. The van der Waals surface area contributed by atoms with Crippen LogP contribution in [0.15, 0.2) is 24.8 Å². The van der Waals surface area contributed by atoms with Crippen LogP contribution in [0.1, 0.15) is 13.8 Å². The van der Waals surface area contributed by atoms with Crippen LogP contribution in [0.4, 0.5) is 0 Å². The molecule has 1 atom stereocenters. The molecule has 0 spiro atoms. The number of hydrogen-bond acceptors (Lipinski definition) is 5. The van der Waals surface area contributed by atoms with Crippen LogP contribution in [0, 0.1) is 0 Å². The lowest BCUT2D eigenvalue weighted by Crippen LogP contribution is -2.15. The molecule has 0 aliphatic rings. The maximum Gasteiger partial charge on any atom is 0.333 e. The second-order valence-corrected chi connectivity index (χ2v) is 2.96. The van der Waals surface area contributed by atoms with E-state index in [4.69, 9.17) is 5.11 Å². The van der Waals surface area contributed by atoms with Crippen LogP contribution in [-0.2, 0) is 19.1 Å². The molecule has 0 saturated heterocycles. The molecule has 0 rings (SSSR count). The van der Waals surface area contributed by atoms with Crippen molar-refractivity contribution in [3.63, 3.8) is 0 Å². The molecule has 0 bridgehead atoms. The summed E-state index contributed by atoms with van der Waals surface area (Å²) in [6.45, 7) is 9.67. The number of rotatable bonds is 4. The first-order chi connectivity index (χ1) is 7.34. The summed E-state index contributed by atoms with van der Waals surface area (Å²) < 4.78 is 8.72. The molecule has 0 aromatic rings. The van der Waals surface area contributed by atoms with Gasteiger partial charge in [0.1, 0.15) is 6.61 Å². The first-order valence-corrected chi connectivity index (χ1v) is 4.56. The zero-order chi connectivity index (χ0) is 13.1. The molecule has 0 fully saturated rings. The van der Waals surface area contributed by atoms with Gasteiger partial charge < -0.3 is 14.6 Å².